The molecule has 1 aromatic carbocycles. The van der Waals surface area contributed by atoms with Crippen molar-refractivity contribution in [3.8, 4) is 0 Å². The maximum atomic E-state index is 12.0. The first kappa shape index (κ1) is 14.5. The van der Waals surface area contributed by atoms with Gasteiger partial charge in [-0.25, -0.2) is 0 Å². The largest absolute Gasteiger partial charge is 0.481 e. The number of hydrogen-bond donors (Lipinski definition) is 2. The molecule has 0 saturated carbocycles. The summed E-state index contributed by atoms with van der Waals surface area (Å²) in [6, 6.07) is 7.24. The molecule has 1 atom stereocenters. The molecule has 1 saturated heterocycles. The average molecular weight is 277 g/mol. The lowest BCUT2D eigenvalue weighted by molar-refractivity contribution is -0.136. The Morgan fingerprint density at radius 1 is 1.25 bits per heavy atom. The highest BCUT2D eigenvalue weighted by atomic mass is 16.5. The third kappa shape index (κ3) is 4.06. The monoisotopic (exact) mass is 277 g/mol. The van der Waals surface area contributed by atoms with Gasteiger partial charge >= 0.3 is 5.97 Å². The number of rotatable bonds is 5. The van der Waals surface area contributed by atoms with Gasteiger partial charge in [-0.1, -0.05) is 24.3 Å². The van der Waals surface area contributed by atoms with Crippen molar-refractivity contribution in [2.24, 2.45) is 0 Å². The summed E-state index contributed by atoms with van der Waals surface area (Å²) in [6.45, 7) is 0.968. The molecule has 1 unspecified atom stereocenters. The Labute approximate surface area is 117 Å². The van der Waals surface area contributed by atoms with Gasteiger partial charge in [-0.15, -0.1) is 0 Å². The number of carbonyl (C=O) groups is 2. The summed E-state index contributed by atoms with van der Waals surface area (Å²) in [5, 5.41) is 11.7. The van der Waals surface area contributed by atoms with Crippen molar-refractivity contribution in [1.82, 2.24) is 5.32 Å². The minimum absolute atomic E-state index is 0.0357. The first-order chi connectivity index (χ1) is 9.66. The quantitative estimate of drug-likeness (QED) is 0.855. The standard InChI is InChI=1S/C15H19NO4/c17-14(18)9-11-5-1-2-6-12(11)10-16-15(19)13-7-3-4-8-20-13/h1-2,5-6,13H,3-4,7-10H2,(H,16,19)(H,17,18). The molecule has 0 spiro atoms. The smallest absolute Gasteiger partial charge is 0.307 e. The van der Waals surface area contributed by atoms with Gasteiger partial charge in [0.2, 0.25) is 5.91 Å². The second-order valence-electron chi connectivity index (χ2n) is 4.91. The van der Waals surface area contributed by atoms with E-state index in [2.05, 4.69) is 5.32 Å². The topological polar surface area (TPSA) is 75.6 Å². The first-order valence-corrected chi connectivity index (χ1v) is 6.84. The van der Waals surface area contributed by atoms with E-state index in [1.165, 1.54) is 0 Å². The predicted molar refractivity (Wildman–Crippen MR) is 73.2 cm³/mol. The van der Waals surface area contributed by atoms with Gasteiger partial charge in [0.05, 0.1) is 6.42 Å². The van der Waals surface area contributed by atoms with Crippen LogP contribution in [0.3, 0.4) is 0 Å². The summed E-state index contributed by atoms with van der Waals surface area (Å²) in [5.74, 6) is -0.991. The summed E-state index contributed by atoms with van der Waals surface area (Å²) >= 11 is 0. The Morgan fingerprint density at radius 2 is 2.00 bits per heavy atom. The fraction of sp³-hybridized carbons (Fsp3) is 0.467. The predicted octanol–water partition coefficient (Wildman–Crippen LogP) is 1.50. The Bertz CT molecular complexity index is 481. The number of benzene rings is 1. The average Bonchev–Trinajstić information content (AvgIpc) is 2.46. The van der Waals surface area contributed by atoms with Crippen LogP contribution in [0.25, 0.3) is 0 Å². The van der Waals surface area contributed by atoms with E-state index in [9.17, 15) is 9.59 Å². The van der Waals surface area contributed by atoms with Crippen LogP contribution in [0.15, 0.2) is 24.3 Å². The third-order valence-electron chi connectivity index (χ3n) is 3.39. The van der Waals surface area contributed by atoms with E-state index in [0.29, 0.717) is 13.2 Å². The molecule has 0 bridgehead atoms. The lowest BCUT2D eigenvalue weighted by Crippen LogP contribution is -2.38. The van der Waals surface area contributed by atoms with Crippen LogP contribution in [0.5, 0.6) is 0 Å². The van der Waals surface area contributed by atoms with E-state index >= 15 is 0 Å². The number of carbonyl (C=O) groups excluding carboxylic acids is 1. The van der Waals surface area contributed by atoms with Gasteiger partial charge in [-0.2, -0.15) is 0 Å². The van der Waals surface area contributed by atoms with Crippen molar-refractivity contribution < 1.29 is 19.4 Å². The van der Waals surface area contributed by atoms with Crippen molar-refractivity contribution in [2.45, 2.75) is 38.3 Å². The Kier molecular flexibility index (Phi) is 5.12. The van der Waals surface area contributed by atoms with Gasteiger partial charge in [0.15, 0.2) is 0 Å². The minimum Gasteiger partial charge on any atom is -0.481 e. The maximum absolute atomic E-state index is 12.0. The molecule has 1 amide bonds. The van der Waals surface area contributed by atoms with E-state index in [1.54, 1.807) is 12.1 Å². The van der Waals surface area contributed by atoms with E-state index in [-0.39, 0.29) is 18.4 Å². The Hall–Kier alpha value is -1.88. The fourth-order valence-electron chi connectivity index (χ4n) is 2.31. The van der Waals surface area contributed by atoms with Gasteiger partial charge in [0, 0.05) is 13.2 Å². The van der Waals surface area contributed by atoms with Gasteiger partial charge < -0.3 is 15.2 Å². The summed E-state index contributed by atoms with van der Waals surface area (Å²) in [6.07, 6.45) is 2.36. The van der Waals surface area contributed by atoms with Gasteiger partial charge in [-0.3, -0.25) is 9.59 Å². The van der Waals surface area contributed by atoms with Crippen LogP contribution < -0.4 is 5.32 Å². The normalized spacial score (nSPS) is 18.5. The molecule has 20 heavy (non-hydrogen) atoms. The van der Waals surface area contributed by atoms with Gasteiger partial charge in [0.25, 0.3) is 0 Å². The van der Waals surface area contributed by atoms with E-state index in [1.807, 2.05) is 12.1 Å². The SMILES string of the molecule is O=C(O)Cc1ccccc1CNC(=O)C1CCCCO1. The van der Waals surface area contributed by atoms with Crippen molar-refractivity contribution in [2.75, 3.05) is 6.61 Å². The summed E-state index contributed by atoms with van der Waals surface area (Å²) < 4.78 is 5.42. The summed E-state index contributed by atoms with van der Waals surface area (Å²) in [4.78, 5) is 22.8. The lowest BCUT2D eigenvalue weighted by atomic mass is 10.0. The van der Waals surface area contributed by atoms with Crippen molar-refractivity contribution in [1.29, 1.82) is 0 Å². The highest BCUT2D eigenvalue weighted by Gasteiger charge is 2.21. The molecule has 108 valence electrons. The molecule has 1 aliphatic rings. The first-order valence-electron chi connectivity index (χ1n) is 6.84. The molecule has 5 heteroatoms. The molecule has 0 aliphatic carbocycles. The summed E-state index contributed by atoms with van der Waals surface area (Å²) in [7, 11) is 0. The van der Waals surface area contributed by atoms with E-state index < -0.39 is 5.97 Å². The highest BCUT2D eigenvalue weighted by molar-refractivity contribution is 5.80. The van der Waals surface area contributed by atoms with Crippen LogP contribution in [0.4, 0.5) is 0 Å². The van der Waals surface area contributed by atoms with Crippen LogP contribution in [0.1, 0.15) is 30.4 Å². The maximum Gasteiger partial charge on any atom is 0.307 e. The van der Waals surface area contributed by atoms with Crippen LogP contribution in [-0.4, -0.2) is 29.7 Å². The Balaban J connectivity index is 1.92. The van der Waals surface area contributed by atoms with E-state index in [0.717, 1.165) is 30.4 Å². The zero-order chi connectivity index (χ0) is 14.4. The number of hydrogen-bond acceptors (Lipinski definition) is 3. The summed E-state index contributed by atoms with van der Waals surface area (Å²) in [5.41, 5.74) is 1.56. The molecule has 1 aromatic rings. The fourth-order valence-corrected chi connectivity index (χ4v) is 2.31. The van der Waals surface area contributed by atoms with Crippen LogP contribution in [0, 0.1) is 0 Å². The van der Waals surface area contributed by atoms with Crippen molar-refractivity contribution in [3.05, 3.63) is 35.4 Å². The lowest BCUT2D eigenvalue weighted by Gasteiger charge is -2.21. The van der Waals surface area contributed by atoms with Crippen molar-refractivity contribution >= 4 is 11.9 Å². The zero-order valence-corrected chi connectivity index (χ0v) is 11.3. The molecular weight excluding hydrogens is 258 g/mol. The molecule has 1 heterocycles. The second kappa shape index (κ2) is 7.05. The molecule has 2 N–H and O–H groups in total. The number of carboxylic acids is 1. The van der Waals surface area contributed by atoms with Gasteiger partial charge in [-0.05, 0) is 30.4 Å². The molecular formula is C15H19NO4. The number of amides is 1. The number of carboxylic acid groups (broad SMARTS) is 1. The molecule has 0 aromatic heterocycles. The molecule has 0 radical (unpaired) electrons. The van der Waals surface area contributed by atoms with Crippen LogP contribution in [-0.2, 0) is 27.3 Å². The van der Waals surface area contributed by atoms with Crippen LogP contribution >= 0.6 is 0 Å². The zero-order valence-electron chi connectivity index (χ0n) is 11.3. The molecule has 2 rings (SSSR count). The third-order valence-corrected chi connectivity index (χ3v) is 3.39. The Morgan fingerprint density at radius 3 is 2.65 bits per heavy atom. The van der Waals surface area contributed by atoms with Crippen molar-refractivity contribution in [3.63, 3.8) is 0 Å². The molecule has 1 fully saturated rings. The van der Waals surface area contributed by atoms with Gasteiger partial charge in [0.1, 0.15) is 6.10 Å². The molecule has 5 nitrogen and oxygen atoms in total. The highest BCUT2D eigenvalue weighted by Crippen LogP contribution is 2.14. The molecule has 1 aliphatic heterocycles. The number of ether oxygens (including phenoxy) is 1. The number of aliphatic carboxylic acids is 1. The second-order valence-corrected chi connectivity index (χ2v) is 4.91. The van der Waals surface area contributed by atoms with Crippen LogP contribution in [0.2, 0.25) is 0 Å². The minimum atomic E-state index is -0.876. The number of nitrogens with one attached hydrogen (secondary N) is 1. The van der Waals surface area contributed by atoms with E-state index in [4.69, 9.17) is 9.84 Å².